The fraction of sp³-hybridized carbons (Fsp3) is 0.667. The average molecular weight is 460 g/mol. The fourth-order valence-corrected chi connectivity index (χ4v) is 3.80. The second-order valence-electron chi connectivity index (χ2n) is 7.79. The molecule has 8 heteroatoms. The van der Waals surface area contributed by atoms with Gasteiger partial charge in [0, 0.05) is 38.5 Å². The first kappa shape index (κ1) is 29.9. The first-order valence-electron chi connectivity index (χ1n) is 11.3. The number of piperidine rings is 1. The summed E-state index contributed by atoms with van der Waals surface area (Å²) in [5.74, 6) is 0.958. The Labute approximate surface area is 191 Å². The number of rotatable bonds is 9. The van der Waals surface area contributed by atoms with Gasteiger partial charge in [0.05, 0.1) is 5.56 Å². The van der Waals surface area contributed by atoms with Gasteiger partial charge in [-0.15, -0.1) is 6.58 Å². The quantitative estimate of drug-likeness (QED) is 0.389. The van der Waals surface area contributed by atoms with E-state index in [-0.39, 0.29) is 5.54 Å². The number of pyridine rings is 1. The second kappa shape index (κ2) is 14.9. The van der Waals surface area contributed by atoms with Gasteiger partial charge in [0.1, 0.15) is 5.82 Å². The van der Waals surface area contributed by atoms with Crippen molar-refractivity contribution in [2.24, 2.45) is 5.92 Å². The number of aliphatic hydroxyl groups is 1. The highest BCUT2D eigenvalue weighted by atomic mass is 19.4. The Morgan fingerprint density at radius 3 is 2.44 bits per heavy atom. The van der Waals surface area contributed by atoms with Gasteiger partial charge in [0.15, 0.2) is 0 Å². The summed E-state index contributed by atoms with van der Waals surface area (Å²) in [7, 11) is 1.00. The van der Waals surface area contributed by atoms with Crippen LogP contribution < -0.4 is 4.90 Å². The van der Waals surface area contributed by atoms with Gasteiger partial charge < -0.3 is 14.9 Å². The molecule has 0 bridgehead atoms. The maximum atomic E-state index is 12.7. The van der Waals surface area contributed by atoms with Crippen LogP contribution in [0.1, 0.15) is 65.4 Å². The molecule has 5 nitrogen and oxygen atoms in total. The van der Waals surface area contributed by atoms with Crippen LogP contribution in [-0.4, -0.2) is 53.7 Å². The molecule has 0 radical (unpaired) electrons. The standard InChI is InChI=1S/C21H30F3N3O.C2H6.CH4O/c1-4-11-20(3,5-2)27(16-28)13-10-17-7-6-12-26(15-17)19-9-8-18(14-25-19)21(22,23)24;2*1-2/h4,8-9,14,16-17H,1,5-7,10-13,15H2,2-3H3;1-2H3;2H,1H3. The molecule has 1 fully saturated rings. The predicted molar refractivity (Wildman–Crippen MR) is 125 cm³/mol. The molecule has 1 aromatic heterocycles. The van der Waals surface area contributed by atoms with Gasteiger partial charge in [-0.05, 0) is 57.1 Å². The number of hydrogen-bond acceptors (Lipinski definition) is 4. The molecule has 0 saturated carbocycles. The van der Waals surface area contributed by atoms with Gasteiger partial charge in [-0.3, -0.25) is 4.79 Å². The number of aromatic nitrogens is 1. The largest absolute Gasteiger partial charge is 0.417 e. The molecule has 0 spiro atoms. The molecule has 2 atom stereocenters. The Balaban J connectivity index is 0.00000227. The number of alkyl halides is 3. The number of hydrogen-bond donors (Lipinski definition) is 1. The molecule has 1 aromatic rings. The smallest absolute Gasteiger partial charge is 0.400 e. The summed E-state index contributed by atoms with van der Waals surface area (Å²) in [4.78, 5) is 19.6. The maximum absolute atomic E-state index is 12.7. The van der Waals surface area contributed by atoms with Gasteiger partial charge in [0.25, 0.3) is 0 Å². The molecule has 2 unspecified atom stereocenters. The Morgan fingerprint density at radius 1 is 1.31 bits per heavy atom. The molecule has 1 aliphatic rings. The summed E-state index contributed by atoms with van der Waals surface area (Å²) in [6.07, 6.45) is 3.77. The first-order valence-corrected chi connectivity index (χ1v) is 11.3. The lowest BCUT2D eigenvalue weighted by Crippen LogP contribution is -2.46. The number of carbonyl (C=O) groups is 1. The zero-order chi connectivity index (χ0) is 24.8. The minimum absolute atomic E-state index is 0.229. The highest BCUT2D eigenvalue weighted by molar-refractivity contribution is 5.49. The fourth-order valence-electron chi connectivity index (χ4n) is 3.80. The van der Waals surface area contributed by atoms with Crippen molar-refractivity contribution in [3.05, 3.63) is 36.5 Å². The highest BCUT2D eigenvalue weighted by Crippen LogP contribution is 2.31. The lowest BCUT2D eigenvalue weighted by molar-refractivity contribution is -0.137. The van der Waals surface area contributed by atoms with E-state index in [2.05, 4.69) is 25.4 Å². The minimum Gasteiger partial charge on any atom is -0.400 e. The zero-order valence-corrected chi connectivity index (χ0v) is 20.2. The van der Waals surface area contributed by atoms with Crippen molar-refractivity contribution in [3.8, 4) is 0 Å². The molecule has 1 saturated heterocycles. The van der Waals surface area contributed by atoms with E-state index < -0.39 is 11.7 Å². The SMILES string of the molecule is C=CCC(C)(CC)N(C=O)CCC1CCCN(c2ccc(C(F)(F)F)cn2)C1.CC.CO. The molecule has 1 aliphatic heterocycles. The third kappa shape index (κ3) is 8.81. The number of anilines is 1. The van der Waals surface area contributed by atoms with Crippen molar-refractivity contribution in [2.45, 2.75) is 71.5 Å². The third-order valence-electron chi connectivity index (χ3n) is 5.86. The second-order valence-corrected chi connectivity index (χ2v) is 7.79. The lowest BCUT2D eigenvalue weighted by Gasteiger charge is -2.40. The summed E-state index contributed by atoms with van der Waals surface area (Å²) in [5, 5.41) is 7.00. The van der Waals surface area contributed by atoms with Crippen LogP contribution in [0.25, 0.3) is 0 Å². The number of amides is 1. The summed E-state index contributed by atoms with van der Waals surface area (Å²) >= 11 is 0. The van der Waals surface area contributed by atoms with Gasteiger partial charge in [0.2, 0.25) is 6.41 Å². The zero-order valence-electron chi connectivity index (χ0n) is 20.2. The Hall–Kier alpha value is -2.09. The monoisotopic (exact) mass is 459 g/mol. The lowest BCUT2D eigenvalue weighted by atomic mass is 9.90. The number of nitrogens with zero attached hydrogens (tertiary/aromatic N) is 3. The van der Waals surface area contributed by atoms with Gasteiger partial charge >= 0.3 is 6.18 Å². The van der Waals surface area contributed by atoms with E-state index in [9.17, 15) is 18.0 Å². The molecular formula is C24H40F3N3O2. The maximum Gasteiger partial charge on any atom is 0.417 e. The third-order valence-corrected chi connectivity index (χ3v) is 5.86. The van der Waals surface area contributed by atoms with Gasteiger partial charge in [-0.25, -0.2) is 4.98 Å². The minimum atomic E-state index is -4.37. The molecule has 32 heavy (non-hydrogen) atoms. The van der Waals surface area contributed by atoms with Crippen LogP contribution in [0, 0.1) is 5.92 Å². The summed E-state index contributed by atoms with van der Waals surface area (Å²) < 4.78 is 38.2. The van der Waals surface area contributed by atoms with Crippen LogP contribution in [0.3, 0.4) is 0 Å². The van der Waals surface area contributed by atoms with Crippen molar-refractivity contribution >= 4 is 12.2 Å². The normalized spacial score (nSPS) is 17.7. The predicted octanol–water partition coefficient (Wildman–Crippen LogP) is 5.54. The van der Waals surface area contributed by atoms with E-state index in [1.165, 1.54) is 6.07 Å². The highest BCUT2D eigenvalue weighted by Gasteiger charge is 2.32. The molecule has 184 valence electrons. The molecule has 1 N–H and O–H groups in total. The van der Waals surface area contributed by atoms with E-state index in [0.29, 0.717) is 18.3 Å². The topological polar surface area (TPSA) is 56.7 Å². The van der Waals surface area contributed by atoms with Crippen LogP contribution in [-0.2, 0) is 11.0 Å². The average Bonchev–Trinajstić information content (AvgIpc) is 2.82. The van der Waals surface area contributed by atoms with Crippen LogP contribution in [0.4, 0.5) is 19.0 Å². The molecule has 2 rings (SSSR count). The van der Waals surface area contributed by atoms with E-state index >= 15 is 0 Å². The van der Waals surface area contributed by atoms with Crippen LogP contribution in [0.15, 0.2) is 31.0 Å². The number of halogens is 3. The van der Waals surface area contributed by atoms with Gasteiger partial charge in [-0.2, -0.15) is 13.2 Å². The van der Waals surface area contributed by atoms with Crippen molar-refractivity contribution in [1.29, 1.82) is 0 Å². The van der Waals surface area contributed by atoms with Crippen LogP contribution >= 0.6 is 0 Å². The van der Waals surface area contributed by atoms with Crippen molar-refractivity contribution in [3.63, 3.8) is 0 Å². The molecule has 1 amide bonds. The summed E-state index contributed by atoms with van der Waals surface area (Å²) in [5.41, 5.74) is -0.958. The molecular weight excluding hydrogens is 419 g/mol. The molecule has 0 aliphatic carbocycles. The Kier molecular flexibility index (Phi) is 13.9. The van der Waals surface area contributed by atoms with Crippen molar-refractivity contribution in [2.75, 3.05) is 31.6 Å². The summed E-state index contributed by atoms with van der Waals surface area (Å²) in [6, 6.07) is 2.53. The van der Waals surface area contributed by atoms with Crippen molar-refractivity contribution < 1.29 is 23.1 Å². The number of carbonyl (C=O) groups excluding carboxylic acids is 1. The number of aliphatic hydroxyl groups excluding tert-OH is 1. The molecule has 0 aromatic carbocycles. The van der Waals surface area contributed by atoms with E-state index in [0.717, 1.165) is 71.0 Å². The van der Waals surface area contributed by atoms with Crippen LogP contribution in [0.5, 0.6) is 0 Å². The van der Waals surface area contributed by atoms with E-state index in [1.54, 1.807) is 0 Å². The Morgan fingerprint density at radius 2 is 1.97 bits per heavy atom. The first-order chi connectivity index (χ1) is 15.2. The summed E-state index contributed by atoms with van der Waals surface area (Å²) in [6.45, 7) is 14.1. The van der Waals surface area contributed by atoms with Crippen LogP contribution in [0.2, 0.25) is 0 Å². The van der Waals surface area contributed by atoms with Crippen molar-refractivity contribution in [1.82, 2.24) is 9.88 Å². The van der Waals surface area contributed by atoms with E-state index in [4.69, 9.17) is 5.11 Å². The van der Waals surface area contributed by atoms with Gasteiger partial charge in [-0.1, -0.05) is 26.8 Å². The van der Waals surface area contributed by atoms with E-state index in [1.807, 2.05) is 29.7 Å². The molecule has 2 heterocycles. The Bertz CT molecular complexity index is 653.